The molecule has 2 aromatic heterocycles. The standard InChI is InChI=1S/C16H15FN4O2/c17-14-10-18-4-3-13(14)16(23)20-8-11-6-12(9-19-7-11)21-5-1-2-15(21)22/h3-4,6-7,9-10H,1-2,5,8H2,(H,20,23). The number of carbonyl (C=O) groups excluding carboxylic acids is 2. The summed E-state index contributed by atoms with van der Waals surface area (Å²) in [4.78, 5) is 33.1. The number of hydrogen-bond donors (Lipinski definition) is 1. The van der Waals surface area contributed by atoms with Crippen LogP contribution in [-0.4, -0.2) is 28.3 Å². The molecule has 2 aromatic rings. The topological polar surface area (TPSA) is 75.2 Å². The number of rotatable bonds is 4. The molecule has 1 saturated heterocycles. The van der Waals surface area contributed by atoms with Crippen LogP contribution in [0, 0.1) is 5.82 Å². The highest BCUT2D eigenvalue weighted by Gasteiger charge is 2.22. The van der Waals surface area contributed by atoms with Gasteiger partial charge in [-0.05, 0) is 24.1 Å². The molecule has 0 aliphatic carbocycles. The average molecular weight is 314 g/mol. The zero-order chi connectivity index (χ0) is 16.2. The van der Waals surface area contributed by atoms with Gasteiger partial charge in [0.15, 0.2) is 5.82 Å². The van der Waals surface area contributed by atoms with Gasteiger partial charge in [0.25, 0.3) is 5.91 Å². The van der Waals surface area contributed by atoms with Gasteiger partial charge in [-0.1, -0.05) is 0 Å². The van der Waals surface area contributed by atoms with Gasteiger partial charge in [0.05, 0.1) is 23.6 Å². The molecule has 2 amide bonds. The molecule has 1 aliphatic rings. The second kappa shape index (κ2) is 6.51. The molecule has 0 unspecified atom stereocenters. The van der Waals surface area contributed by atoms with Crippen LogP contribution in [-0.2, 0) is 11.3 Å². The molecule has 0 bridgehead atoms. The normalized spacial score (nSPS) is 14.1. The van der Waals surface area contributed by atoms with Gasteiger partial charge in [-0.15, -0.1) is 0 Å². The van der Waals surface area contributed by atoms with E-state index in [1.165, 1.54) is 12.3 Å². The van der Waals surface area contributed by atoms with Crippen molar-refractivity contribution >= 4 is 17.5 Å². The summed E-state index contributed by atoms with van der Waals surface area (Å²) in [5.41, 5.74) is 1.40. The molecule has 1 aliphatic heterocycles. The maximum absolute atomic E-state index is 13.5. The Morgan fingerprint density at radius 3 is 2.91 bits per heavy atom. The maximum Gasteiger partial charge on any atom is 0.254 e. The first-order chi connectivity index (χ1) is 11.1. The number of nitrogens with one attached hydrogen (secondary N) is 1. The van der Waals surface area contributed by atoms with Crippen molar-refractivity contribution in [3.63, 3.8) is 0 Å². The quantitative estimate of drug-likeness (QED) is 0.931. The Bertz CT molecular complexity index is 750. The first-order valence-corrected chi connectivity index (χ1v) is 7.27. The van der Waals surface area contributed by atoms with Gasteiger partial charge < -0.3 is 10.2 Å². The molecule has 0 radical (unpaired) electrons. The van der Waals surface area contributed by atoms with E-state index in [0.29, 0.717) is 18.7 Å². The smallest absolute Gasteiger partial charge is 0.254 e. The fourth-order valence-corrected chi connectivity index (χ4v) is 2.48. The highest BCUT2D eigenvalue weighted by atomic mass is 19.1. The molecule has 0 saturated carbocycles. The lowest BCUT2D eigenvalue weighted by molar-refractivity contribution is -0.117. The predicted octanol–water partition coefficient (Wildman–Crippen LogP) is 1.67. The minimum absolute atomic E-state index is 0.0566. The van der Waals surface area contributed by atoms with Crippen LogP contribution in [0.15, 0.2) is 36.9 Å². The molecule has 7 heteroatoms. The molecule has 23 heavy (non-hydrogen) atoms. The minimum atomic E-state index is -0.667. The van der Waals surface area contributed by atoms with E-state index < -0.39 is 11.7 Å². The molecular weight excluding hydrogens is 299 g/mol. The fourth-order valence-electron chi connectivity index (χ4n) is 2.48. The predicted molar refractivity (Wildman–Crippen MR) is 81.2 cm³/mol. The first-order valence-electron chi connectivity index (χ1n) is 7.27. The molecule has 3 heterocycles. The van der Waals surface area contributed by atoms with Crippen LogP contribution in [0.5, 0.6) is 0 Å². The Labute approximate surface area is 132 Å². The van der Waals surface area contributed by atoms with Gasteiger partial charge in [-0.25, -0.2) is 4.39 Å². The number of carbonyl (C=O) groups is 2. The van der Waals surface area contributed by atoms with Gasteiger partial charge in [0.1, 0.15) is 0 Å². The summed E-state index contributed by atoms with van der Waals surface area (Å²) in [6.07, 6.45) is 6.96. The van der Waals surface area contributed by atoms with Crippen molar-refractivity contribution in [3.05, 3.63) is 53.9 Å². The lowest BCUT2D eigenvalue weighted by atomic mass is 10.2. The van der Waals surface area contributed by atoms with E-state index in [1.54, 1.807) is 23.4 Å². The lowest BCUT2D eigenvalue weighted by Crippen LogP contribution is -2.25. The van der Waals surface area contributed by atoms with Gasteiger partial charge in [-0.3, -0.25) is 19.6 Å². The van der Waals surface area contributed by atoms with Gasteiger partial charge in [-0.2, -0.15) is 0 Å². The monoisotopic (exact) mass is 314 g/mol. The fraction of sp³-hybridized carbons (Fsp3) is 0.250. The van der Waals surface area contributed by atoms with Crippen molar-refractivity contribution < 1.29 is 14.0 Å². The SMILES string of the molecule is O=C(NCc1cncc(N2CCCC2=O)c1)c1ccncc1F. The van der Waals surface area contributed by atoms with E-state index in [0.717, 1.165) is 18.2 Å². The zero-order valence-corrected chi connectivity index (χ0v) is 12.3. The lowest BCUT2D eigenvalue weighted by Gasteiger charge is -2.16. The molecule has 3 rings (SSSR count). The third-order valence-corrected chi connectivity index (χ3v) is 3.64. The molecule has 0 aromatic carbocycles. The minimum Gasteiger partial charge on any atom is -0.348 e. The van der Waals surface area contributed by atoms with Gasteiger partial charge >= 0.3 is 0 Å². The van der Waals surface area contributed by atoms with Gasteiger partial charge in [0, 0.05) is 31.9 Å². The Balaban J connectivity index is 1.68. The molecular formula is C16H15FN4O2. The number of anilines is 1. The Hall–Kier alpha value is -2.83. The average Bonchev–Trinajstić information content (AvgIpc) is 2.99. The number of nitrogens with zero attached hydrogens (tertiary/aromatic N) is 3. The summed E-state index contributed by atoms with van der Waals surface area (Å²) in [5, 5.41) is 2.63. The summed E-state index contributed by atoms with van der Waals surface area (Å²) in [5.74, 6) is -1.11. The van der Waals surface area contributed by atoms with E-state index >= 15 is 0 Å². The Morgan fingerprint density at radius 1 is 1.30 bits per heavy atom. The van der Waals surface area contributed by atoms with Crippen molar-refractivity contribution in [2.45, 2.75) is 19.4 Å². The van der Waals surface area contributed by atoms with E-state index in [4.69, 9.17) is 0 Å². The van der Waals surface area contributed by atoms with Crippen LogP contribution in [0.25, 0.3) is 0 Å². The second-order valence-electron chi connectivity index (χ2n) is 5.24. The van der Waals surface area contributed by atoms with E-state index in [2.05, 4.69) is 15.3 Å². The summed E-state index contributed by atoms with van der Waals surface area (Å²) >= 11 is 0. The summed E-state index contributed by atoms with van der Waals surface area (Å²) in [6.45, 7) is 0.877. The van der Waals surface area contributed by atoms with Gasteiger partial charge in [0.2, 0.25) is 5.91 Å². The molecule has 1 fully saturated rings. The number of amides is 2. The third-order valence-electron chi connectivity index (χ3n) is 3.64. The van der Waals surface area contributed by atoms with Crippen LogP contribution >= 0.6 is 0 Å². The first kappa shape index (κ1) is 15.1. The number of pyridine rings is 2. The molecule has 6 nitrogen and oxygen atoms in total. The Kier molecular flexibility index (Phi) is 4.27. The highest BCUT2D eigenvalue weighted by Crippen LogP contribution is 2.21. The second-order valence-corrected chi connectivity index (χ2v) is 5.24. The number of halogens is 1. The molecule has 1 N–H and O–H groups in total. The van der Waals surface area contributed by atoms with Crippen LogP contribution < -0.4 is 10.2 Å². The van der Waals surface area contributed by atoms with Crippen molar-refractivity contribution in [2.24, 2.45) is 0 Å². The van der Waals surface area contributed by atoms with Crippen LogP contribution in [0.1, 0.15) is 28.8 Å². The zero-order valence-electron chi connectivity index (χ0n) is 12.3. The molecule has 0 atom stereocenters. The highest BCUT2D eigenvalue weighted by molar-refractivity contribution is 5.95. The van der Waals surface area contributed by atoms with E-state index in [1.807, 2.05) is 0 Å². The van der Waals surface area contributed by atoms with E-state index in [9.17, 15) is 14.0 Å². The third kappa shape index (κ3) is 3.33. The van der Waals surface area contributed by atoms with Crippen molar-refractivity contribution in [2.75, 3.05) is 11.4 Å². The molecule has 0 spiro atoms. The van der Waals surface area contributed by atoms with E-state index in [-0.39, 0.29) is 18.0 Å². The van der Waals surface area contributed by atoms with Crippen LogP contribution in [0.3, 0.4) is 0 Å². The van der Waals surface area contributed by atoms with Crippen LogP contribution in [0.4, 0.5) is 10.1 Å². The summed E-state index contributed by atoms with van der Waals surface area (Å²) < 4.78 is 13.5. The summed E-state index contributed by atoms with van der Waals surface area (Å²) in [6, 6.07) is 3.13. The van der Waals surface area contributed by atoms with Crippen molar-refractivity contribution in [1.29, 1.82) is 0 Å². The summed E-state index contributed by atoms with van der Waals surface area (Å²) in [7, 11) is 0. The van der Waals surface area contributed by atoms with Crippen molar-refractivity contribution in [3.8, 4) is 0 Å². The molecule has 118 valence electrons. The largest absolute Gasteiger partial charge is 0.348 e. The van der Waals surface area contributed by atoms with Crippen molar-refractivity contribution in [1.82, 2.24) is 15.3 Å². The van der Waals surface area contributed by atoms with Crippen LogP contribution in [0.2, 0.25) is 0 Å². The number of hydrogen-bond acceptors (Lipinski definition) is 4. The maximum atomic E-state index is 13.5. The number of aromatic nitrogens is 2. The Morgan fingerprint density at radius 2 is 2.17 bits per heavy atom.